The Hall–Kier alpha value is -2.71. The van der Waals surface area contributed by atoms with Crippen LogP contribution in [0.4, 0.5) is 0 Å². The minimum atomic E-state index is 0.00472. The van der Waals surface area contributed by atoms with Crippen molar-refractivity contribution in [3.8, 4) is 0 Å². The fraction of sp³-hybridized carbons (Fsp3) is 0.632. The van der Waals surface area contributed by atoms with Gasteiger partial charge in [0.2, 0.25) is 11.8 Å². The molecule has 1 N–H and O–H groups in total. The predicted octanol–water partition coefficient (Wildman–Crippen LogP) is 1.10. The molecular formula is C19H27N7O2. The van der Waals surface area contributed by atoms with Crippen molar-refractivity contribution < 1.29 is 9.59 Å². The topological polar surface area (TPSA) is 97.9 Å². The van der Waals surface area contributed by atoms with Gasteiger partial charge in [-0.1, -0.05) is 6.42 Å². The van der Waals surface area contributed by atoms with Crippen molar-refractivity contribution in [1.82, 2.24) is 34.8 Å². The van der Waals surface area contributed by atoms with E-state index in [1.807, 2.05) is 15.6 Å². The number of nitrogens with zero attached hydrogens (tertiary/aromatic N) is 6. The lowest BCUT2D eigenvalue weighted by atomic mass is 9.84. The van der Waals surface area contributed by atoms with E-state index in [0.29, 0.717) is 38.4 Å². The van der Waals surface area contributed by atoms with Crippen LogP contribution in [0.2, 0.25) is 0 Å². The van der Waals surface area contributed by atoms with Crippen LogP contribution in [0.15, 0.2) is 18.7 Å². The summed E-state index contributed by atoms with van der Waals surface area (Å²) in [4.78, 5) is 30.5. The van der Waals surface area contributed by atoms with Crippen LogP contribution in [0.25, 0.3) is 0 Å². The van der Waals surface area contributed by atoms with E-state index in [9.17, 15) is 9.59 Å². The average molecular weight is 385 g/mol. The highest BCUT2D eigenvalue weighted by Gasteiger charge is 2.30. The molecule has 1 saturated carbocycles. The zero-order valence-electron chi connectivity index (χ0n) is 16.1. The standard InChI is InChI=1S/C19H27N7O2/c27-18(6-2-8-25-14-20-13-22-25)21-11-16-10-17-12-24(7-3-9-26(17)23-16)19(28)15-4-1-5-15/h10,13-15H,1-9,11-12H2,(H,21,27). The number of aryl methyl sites for hydroxylation is 2. The maximum Gasteiger partial charge on any atom is 0.226 e. The maximum atomic E-state index is 12.6. The summed E-state index contributed by atoms with van der Waals surface area (Å²) in [5, 5.41) is 11.6. The molecule has 3 heterocycles. The van der Waals surface area contributed by atoms with Crippen LogP contribution in [-0.4, -0.2) is 47.8 Å². The molecule has 2 aliphatic rings. The lowest BCUT2D eigenvalue weighted by Gasteiger charge is -2.30. The maximum absolute atomic E-state index is 12.6. The fourth-order valence-corrected chi connectivity index (χ4v) is 3.74. The van der Waals surface area contributed by atoms with Gasteiger partial charge in [0.1, 0.15) is 12.7 Å². The molecule has 0 atom stereocenters. The number of hydrogen-bond acceptors (Lipinski definition) is 5. The second-order valence-corrected chi connectivity index (χ2v) is 7.63. The van der Waals surface area contributed by atoms with Crippen LogP contribution in [0.3, 0.4) is 0 Å². The Labute approximate surface area is 164 Å². The Kier molecular flexibility index (Phi) is 5.68. The number of aromatic nitrogens is 5. The second-order valence-electron chi connectivity index (χ2n) is 7.63. The van der Waals surface area contributed by atoms with Crippen LogP contribution in [0.5, 0.6) is 0 Å². The number of rotatable bonds is 7. The van der Waals surface area contributed by atoms with Crippen molar-refractivity contribution >= 4 is 11.8 Å². The number of carbonyl (C=O) groups excluding carboxylic acids is 2. The molecular weight excluding hydrogens is 358 g/mol. The molecule has 1 aliphatic heterocycles. The lowest BCUT2D eigenvalue weighted by Crippen LogP contribution is -2.38. The highest BCUT2D eigenvalue weighted by molar-refractivity contribution is 5.79. The molecule has 1 aliphatic carbocycles. The van der Waals surface area contributed by atoms with Gasteiger partial charge in [-0.25, -0.2) is 4.98 Å². The van der Waals surface area contributed by atoms with Crippen molar-refractivity contribution in [3.05, 3.63) is 30.1 Å². The first-order valence-corrected chi connectivity index (χ1v) is 10.1. The molecule has 9 nitrogen and oxygen atoms in total. The molecule has 0 spiro atoms. The van der Waals surface area contributed by atoms with Crippen molar-refractivity contribution in [1.29, 1.82) is 0 Å². The van der Waals surface area contributed by atoms with Crippen LogP contribution in [0, 0.1) is 5.92 Å². The molecule has 0 aromatic carbocycles. The molecule has 0 saturated heterocycles. The van der Waals surface area contributed by atoms with Gasteiger partial charge in [-0.15, -0.1) is 0 Å². The van der Waals surface area contributed by atoms with Crippen LogP contribution in [0.1, 0.15) is 49.9 Å². The van der Waals surface area contributed by atoms with Gasteiger partial charge in [-0.05, 0) is 31.7 Å². The van der Waals surface area contributed by atoms with E-state index >= 15 is 0 Å². The molecule has 150 valence electrons. The summed E-state index contributed by atoms with van der Waals surface area (Å²) in [5.41, 5.74) is 1.90. The molecule has 9 heteroatoms. The zero-order valence-corrected chi connectivity index (χ0v) is 16.1. The van der Waals surface area contributed by atoms with Crippen LogP contribution < -0.4 is 5.32 Å². The first-order valence-electron chi connectivity index (χ1n) is 10.1. The van der Waals surface area contributed by atoms with Gasteiger partial charge in [-0.3, -0.25) is 19.0 Å². The molecule has 2 amide bonds. The van der Waals surface area contributed by atoms with E-state index in [1.54, 1.807) is 11.0 Å². The largest absolute Gasteiger partial charge is 0.350 e. The van der Waals surface area contributed by atoms with Crippen LogP contribution >= 0.6 is 0 Å². The fourth-order valence-electron chi connectivity index (χ4n) is 3.74. The molecule has 0 unspecified atom stereocenters. The van der Waals surface area contributed by atoms with Gasteiger partial charge in [0.15, 0.2) is 0 Å². The first kappa shape index (κ1) is 18.6. The molecule has 2 aromatic heterocycles. The predicted molar refractivity (Wildman–Crippen MR) is 101 cm³/mol. The van der Waals surface area contributed by atoms with E-state index in [0.717, 1.165) is 43.7 Å². The third-order valence-electron chi connectivity index (χ3n) is 5.56. The summed E-state index contributed by atoms with van der Waals surface area (Å²) < 4.78 is 3.70. The van der Waals surface area contributed by atoms with Crippen molar-refractivity contribution in [2.45, 2.75) is 64.7 Å². The minimum Gasteiger partial charge on any atom is -0.350 e. The number of amides is 2. The highest BCUT2D eigenvalue weighted by Crippen LogP contribution is 2.29. The molecule has 0 radical (unpaired) electrons. The smallest absolute Gasteiger partial charge is 0.226 e. The quantitative estimate of drug-likeness (QED) is 0.770. The summed E-state index contributed by atoms with van der Waals surface area (Å²) in [7, 11) is 0. The number of carbonyl (C=O) groups is 2. The Morgan fingerprint density at radius 3 is 2.86 bits per heavy atom. The van der Waals surface area contributed by atoms with Crippen molar-refractivity contribution in [2.75, 3.05) is 6.54 Å². The van der Waals surface area contributed by atoms with E-state index in [-0.39, 0.29) is 11.8 Å². The molecule has 2 aromatic rings. The van der Waals surface area contributed by atoms with Gasteiger partial charge >= 0.3 is 0 Å². The summed E-state index contributed by atoms with van der Waals surface area (Å²) in [6.45, 7) is 3.33. The van der Waals surface area contributed by atoms with Crippen molar-refractivity contribution in [3.63, 3.8) is 0 Å². The summed E-state index contributed by atoms with van der Waals surface area (Å²) in [5.74, 6) is 0.527. The average Bonchev–Trinajstić information content (AvgIpc) is 3.24. The van der Waals surface area contributed by atoms with Gasteiger partial charge in [0, 0.05) is 32.0 Å². The molecule has 0 bridgehead atoms. The minimum absolute atomic E-state index is 0.00472. The Bertz CT molecular complexity index is 810. The second kappa shape index (κ2) is 8.53. The van der Waals surface area contributed by atoms with Crippen molar-refractivity contribution in [2.24, 2.45) is 5.92 Å². The van der Waals surface area contributed by atoms with Gasteiger partial charge in [-0.2, -0.15) is 10.2 Å². The van der Waals surface area contributed by atoms with E-state index in [2.05, 4.69) is 20.5 Å². The van der Waals surface area contributed by atoms with Crippen LogP contribution in [-0.2, 0) is 35.8 Å². The SMILES string of the molecule is O=C(CCCn1cncn1)NCc1cc2n(n1)CCCN(C(=O)C1CCC1)C2. The van der Waals surface area contributed by atoms with E-state index in [1.165, 1.54) is 12.7 Å². The van der Waals surface area contributed by atoms with E-state index in [4.69, 9.17) is 0 Å². The lowest BCUT2D eigenvalue weighted by molar-refractivity contribution is -0.138. The third-order valence-corrected chi connectivity index (χ3v) is 5.56. The summed E-state index contributed by atoms with van der Waals surface area (Å²) in [6, 6.07) is 2.02. The molecule has 1 fully saturated rings. The number of hydrogen-bond donors (Lipinski definition) is 1. The monoisotopic (exact) mass is 385 g/mol. The normalized spacial score (nSPS) is 16.9. The highest BCUT2D eigenvalue weighted by atomic mass is 16.2. The van der Waals surface area contributed by atoms with Gasteiger partial charge in [0.05, 0.1) is 24.5 Å². The Morgan fingerprint density at radius 2 is 2.11 bits per heavy atom. The Morgan fingerprint density at radius 1 is 1.21 bits per heavy atom. The third kappa shape index (κ3) is 4.40. The van der Waals surface area contributed by atoms with Gasteiger partial charge < -0.3 is 10.2 Å². The number of nitrogens with one attached hydrogen (secondary N) is 1. The Balaban J connectivity index is 1.26. The summed E-state index contributed by atoms with van der Waals surface area (Å²) in [6.07, 6.45) is 8.45. The number of fused-ring (bicyclic) bond motifs is 1. The molecule has 4 rings (SSSR count). The van der Waals surface area contributed by atoms with E-state index < -0.39 is 0 Å². The van der Waals surface area contributed by atoms with Gasteiger partial charge in [0.25, 0.3) is 0 Å². The summed E-state index contributed by atoms with van der Waals surface area (Å²) >= 11 is 0. The molecule has 28 heavy (non-hydrogen) atoms. The zero-order chi connectivity index (χ0) is 19.3. The first-order chi connectivity index (χ1) is 13.7.